The van der Waals surface area contributed by atoms with Crippen LogP contribution in [0, 0.1) is 12.8 Å². The molecule has 180 valence electrons. The lowest BCUT2D eigenvalue weighted by Gasteiger charge is -2.37. The van der Waals surface area contributed by atoms with Crippen LogP contribution in [0.1, 0.15) is 47.8 Å². The molecule has 2 atom stereocenters. The second kappa shape index (κ2) is 10.6. The van der Waals surface area contributed by atoms with Gasteiger partial charge >= 0.3 is 0 Å². The molecule has 1 heterocycles. The normalized spacial score (nSPS) is 17.6. The lowest BCUT2D eigenvalue weighted by Crippen LogP contribution is -3.00. The number of hydrogen-bond donors (Lipinski definition) is 1. The first-order chi connectivity index (χ1) is 16.6. The summed E-state index contributed by atoms with van der Waals surface area (Å²) in [6.07, 6.45) is 7.26. The van der Waals surface area contributed by atoms with Crippen molar-refractivity contribution in [2.75, 3.05) is 0 Å². The van der Waals surface area contributed by atoms with Gasteiger partial charge in [-0.1, -0.05) is 91.0 Å². The van der Waals surface area contributed by atoms with Gasteiger partial charge in [0.1, 0.15) is 30.4 Å². The third-order valence-corrected chi connectivity index (χ3v) is 7.65. The van der Waals surface area contributed by atoms with Crippen molar-refractivity contribution in [3.05, 3.63) is 126 Å². The second-order valence-corrected chi connectivity index (χ2v) is 9.43. The SMILES string of the molecule is Cc1n(Cc2ccccc2)cc[n+]1[C@@H]1CC[C@H](C(C(N)=O)(c2ccccc2)c2ccccc2)C1.[Br-]. The van der Waals surface area contributed by atoms with Crippen LogP contribution >= 0.6 is 0 Å². The Morgan fingerprint density at radius 1 is 0.914 bits per heavy atom. The fraction of sp³-hybridized carbons (Fsp3) is 0.267. The summed E-state index contributed by atoms with van der Waals surface area (Å²) in [5.74, 6) is 1.10. The molecule has 1 saturated carbocycles. The Bertz CT molecular complexity index is 1220. The molecule has 0 unspecified atom stereocenters. The van der Waals surface area contributed by atoms with Crippen molar-refractivity contribution >= 4 is 5.91 Å². The van der Waals surface area contributed by atoms with Gasteiger partial charge in [0.2, 0.25) is 5.91 Å². The summed E-state index contributed by atoms with van der Waals surface area (Å²) < 4.78 is 4.70. The average Bonchev–Trinajstić information content (AvgIpc) is 3.49. The van der Waals surface area contributed by atoms with Crippen molar-refractivity contribution in [3.8, 4) is 0 Å². The lowest BCUT2D eigenvalue weighted by atomic mass is 9.64. The standard InChI is InChI=1S/C30H31N3O.BrH/c1-23-32(22-24-11-5-2-6-12-24)19-20-33(23)28-18-17-27(21-28)30(29(31)34,25-13-7-3-8-14-25)26-15-9-4-10-16-26;/h2-16,19-20,27-28H,17-18,21-22H2,1H3,(H-,31,34);1H/t27-,28+;/m0./s1. The summed E-state index contributed by atoms with van der Waals surface area (Å²) in [6, 6.07) is 31.1. The number of amides is 1. The predicted octanol–water partition coefficient (Wildman–Crippen LogP) is 1.95. The van der Waals surface area contributed by atoms with Crippen LogP contribution < -0.4 is 27.3 Å². The molecule has 1 aromatic heterocycles. The number of nitrogens with two attached hydrogens (primary N) is 1. The van der Waals surface area contributed by atoms with Gasteiger partial charge in [-0.15, -0.1) is 0 Å². The summed E-state index contributed by atoms with van der Waals surface area (Å²) in [6.45, 7) is 3.04. The molecule has 0 spiro atoms. The van der Waals surface area contributed by atoms with Gasteiger partial charge in [-0.25, -0.2) is 9.13 Å². The molecule has 2 N–H and O–H groups in total. The summed E-state index contributed by atoms with van der Waals surface area (Å²) in [5, 5.41) is 0. The highest BCUT2D eigenvalue weighted by atomic mass is 79.9. The van der Waals surface area contributed by atoms with E-state index in [1.807, 2.05) is 36.4 Å². The molecule has 4 nitrogen and oxygen atoms in total. The topological polar surface area (TPSA) is 51.9 Å². The summed E-state index contributed by atoms with van der Waals surface area (Å²) >= 11 is 0. The van der Waals surface area contributed by atoms with E-state index < -0.39 is 5.41 Å². The van der Waals surface area contributed by atoms with Crippen LogP contribution in [0.2, 0.25) is 0 Å². The van der Waals surface area contributed by atoms with Crippen LogP contribution in [0.4, 0.5) is 0 Å². The van der Waals surface area contributed by atoms with Crippen molar-refractivity contribution in [1.82, 2.24) is 4.57 Å². The Morgan fingerprint density at radius 3 is 2.00 bits per heavy atom. The van der Waals surface area contributed by atoms with Gasteiger partial charge in [-0.3, -0.25) is 4.79 Å². The van der Waals surface area contributed by atoms with E-state index in [9.17, 15) is 4.79 Å². The molecule has 0 saturated heterocycles. The molecule has 5 rings (SSSR count). The van der Waals surface area contributed by atoms with Gasteiger partial charge in [-0.05, 0) is 41.9 Å². The predicted molar refractivity (Wildman–Crippen MR) is 134 cm³/mol. The number of imidazole rings is 1. The molecular weight excluding hydrogens is 498 g/mol. The molecule has 1 amide bonds. The third-order valence-electron chi connectivity index (χ3n) is 7.65. The van der Waals surface area contributed by atoms with Gasteiger partial charge in [0.25, 0.3) is 5.82 Å². The van der Waals surface area contributed by atoms with E-state index in [0.717, 1.165) is 36.9 Å². The summed E-state index contributed by atoms with van der Waals surface area (Å²) in [4.78, 5) is 13.3. The maximum atomic E-state index is 13.3. The van der Waals surface area contributed by atoms with E-state index in [1.54, 1.807) is 0 Å². The quantitative estimate of drug-likeness (QED) is 0.365. The molecule has 0 aliphatic heterocycles. The van der Waals surface area contributed by atoms with E-state index in [1.165, 1.54) is 11.4 Å². The minimum absolute atomic E-state index is 0. The fourth-order valence-electron chi connectivity index (χ4n) is 5.98. The zero-order valence-corrected chi connectivity index (χ0v) is 21.6. The minimum Gasteiger partial charge on any atom is -1.00 e. The van der Waals surface area contributed by atoms with Crippen molar-refractivity contribution in [1.29, 1.82) is 0 Å². The largest absolute Gasteiger partial charge is 1.00 e. The molecule has 1 aliphatic rings. The monoisotopic (exact) mass is 529 g/mol. The molecule has 35 heavy (non-hydrogen) atoms. The number of aromatic nitrogens is 2. The molecule has 4 aromatic rings. The van der Waals surface area contributed by atoms with Gasteiger partial charge < -0.3 is 22.7 Å². The van der Waals surface area contributed by atoms with Gasteiger partial charge in [0.05, 0.1) is 0 Å². The number of nitrogens with zero attached hydrogens (tertiary/aromatic N) is 2. The van der Waals surface area contributed by atoms with Gasteiger partial charge in [-0.2, -0.15) is 0 Å². The Morgan fingerprint density at radius 2 is 1.46 bits per heavy atom. The van der Waals surface area contributed by atoms with E-state index in [0.29, 0.717) is 6.04 Å². The number of benzene rings is 3. The Hall–Kier alpha value is -3.18. The number of hydrogen-bond acceptors (Lipinski definition) is 1. The zero-order valence-electron chi connectivity index (χ0n) is 20.1. The van der Waals surface area contributed by atoms with Crippen LogP contribution in [-0.2, 0) is 16.8 Å². The van der Waals surface area contributed by atoms with Crippen LogP contribution in [0.25, 0.3) is 0 Å². The lowest BCUT2D eigenvalue weighted by molar-refractivity contribution is -0.727. The average molecular weight is 531 g/mol. The number of carbonyl (C=O) groups is 1. The zero-order chi connectivity index (χ0) is 23.5. The summed E-state index contributed by atoms with van der Waals surface area (Å²) in [7, 11) is 0. The van der Waals surface area contributed by atoms with Crippen molar-refractivity contribution in [2.24, 2.45) is 11.7 Å². The van der Waals surface area contributed by atoms with Crippen LogP contribution in [0.15, 0.2) is 103 Å². The molecule has 0 bridgehead atoms. The number of primary amides is 1. The Balaban J connectivity index is 0.00000289. The van der Waals surface area contributed by atoms with Crippen LogP contribution in [0.3, 0.4) is 0 Å². The fourth-order valence-corrected chi connectivity index (χ4v) is 5.98. The van der Waals surface area contributed by atoms with Crippen LogP contribution in [-0.4, -0.2) is 10.5 Å². The highest BCUT2D eigenvalue weighted by Crippen LogP contribution is 2.48. The van der Waals surface area contributed by atoms with Gasteiger partial charge in [0, 0.05) is 6.92 Å². The first-order valence-corrected chi connectivity index (χ1v) is 12.1. The van der Waals surface area contributed by atoms with E-state index in [2.05, 4.69) is 83.0 Å². The minimum atomic E-state index is -0.835. The molecule has 0 radical (unpaired) electrons. The Kier molecular flexibility index (Phi) is 7.56. The highest BCUT2D eigenvalue weighted by molar-refractivity contribution is 5.91. The van der Waals surface area contributed by atoms with E-state index in [4.69, 9.17) is 5.73 Å². The second-order valence-electron chi connectivity index (χ2n) is 9.43. The smallest absolute Gasteiger partial charge is 0.253 e. The maximum absolute atomic E-state index is 13.3. The first-order valence-electron chi connectivity index (χ1n) is 12.1. The van der Waals surface area contributed by atoms with Crippen molar-refractivity contribution in [2.45, 2.75) is 44.2 Å². The number of halogens is 1. The molecular formula is C30H32BrN3O. The summed E-state index contributed by atoms with van der Waals surface area (Å²) in [5.41, 5.74) is 8.70. The third kappa shape index (κ3) is 4.57. The number of carbonyl (C=O) groups excluding carboxylic acids is 1. The van der Waals surface area contributed by atoms with Crippen LogP contribution in [0.5, 0.6) is 0 Å². The molecule has 1 fully saturated rings. The highest BCUT2D eigenvalue weighted by Gasteiger charge is 2.51. The number of rotatable bonds is 7. The van der Waals surface area contributed by atoms with Gasteiger partial charge in [0.15, 0.2) is 0 Å². The molecule has 3 aromatic carbocycles. The van der Waals surface area contributed by atoms with E-state index in [-0.39, 0.29) is 28.8 Å². The first kappa shape index (κ1) is 24.9. The Labute approximate surface area is 218 Å². The van der Waals surface area contributed by atoms with Crippen molar-refractivity contribution < 1.29 is 26.3 Å². The van der Waals surface area contributed by atoms with E-state index >= 15 is 0 Å². The van der Waals surface area contributed by atoms with Crippen molar-refractivity contribution in [3.63, 3.8) is 0 Å². The molecule has 1 aliphatic carbocycles. The molecule has 5 heteroatoms. The maximum Gasteiger partial charge on any atom is 0.253 e.